The van der Waals surface area contributed by atoms with Crippen molar-refractivity contribution in [1.82, 2.24) is 5.32 Å². The third-order valence-corrected chi connectivity index (χ3v) is 4.58. The lowest BCUT2D eigenvalue weighted by Crippen LogP contribution is -2.33. The van der Waals surface area contributed by atoms with Gasteiger partial charge in [-0.1, -0.05) is 29.4 Å². The number of carbonyl (C=O) groups excluding carboxylic acids is 3. The maximum absolute atomic E-state index is 14.0. The molecular formula is C22H21FN4O5. The van der Waals surface area contributed by atoms with Gasteiger partial charge < -0.3 is 20.6 Å². The topological polar surface area (TPSA) is 123 Å². The van der Waals surface area contributed by atoms with Crippen LogP contribution in [-0.2, 0) is 14.4 Å². The second-order valence-electron chi connectivity index (χ2n) is 6.81. The Hall–Kier alpha value is -4.21. The van der Waals surface area contributed by atoms with Gasteiger partial charge in [0.15, 0.2) is 0 Å². The molecule has 0 spiro atoms. The monoisotopic (exact) mass is 440 g/mol. The summed E-state index contributed by atoms with van der Waals surface area (Å²) in [7, 11) is 1.46. The highest BCUT2D eigenvalue weighted by molar-refractivity contribution is 5.95. The fourth-order valence-electron chi connectivity index (χ4n) is 2.96. The van der Waals surface area contributed by atoms with Gasteiger partial charge in [-0.3, -0.25) is 14.5 Å². The summed E-state index contributed by atoms with van der Waals surface area (Å²) in [6, 6.07) is 10.9. The van der Waals surface area contributed by atoms with Crippen LogP contribution in [0, 0.1) is 5.82 Å². The van der Waals surface area contributed by atoms with E-state index < -0.39 is 23.9 Å². The Morgan fingerprint density at radius 3 is 2.66 bits per heavy atom. The number of cyclic esters (lactones) is 1. The molecule has 2 aromatic rings. The highest BCUT2D eigenvalue weighted by Crippen LogP contribution is 2.23. The highest BCUT2D eigenvalue weighted by atomic mass is 19.1. The lowest BCUT2D eigenvalue weighted by atomic mass is 10.1. The highest BCUT2D eigenvalue weighted by Gasteiger charge is 2.32. The lowest BCUT2D eigenvalue weighted by molar-refractivity contribution is -0.116. The van der Waals surface area contributed by atoms with Crippen molar-refractivity contribution in [2.75, 3.05) is 25.1 Å². The molecule has 9 nitrogen and oxygen atoms in total. The van der Waals surface area contributed by atoms with Gasteiger partial charge in [0.25, 0.3) is 5.91 Å². The molecule has 1 fully saturated rings. The number of anilines is 1. The van der Waals surface area contributed by atoms with Crippen molar-refractivity contribution in [3.63, 3.8) is 0 Å². The summed E-state index contributed by atoms with van der Waals surface area (Å²) >= 11 is 0. The Morgan fingerprint density at radius 2 is 2.00 bits per heavy atom. The van der Waals surface area contributed by atoms with Gasteiger partial charge in [0.1, 0.15) is 19.0 Å². The predicted molar refractivity (Wildman–Crippen MR) is 116 cm³/mol. The molecule has 0 aromatic heterocycles. The van der Waals surface area contributed by atoms with Gasteiger partial charge in [0.2, 0.25) is 5.91 Å². The lowest BCUT2D eigenvalue weighted by Gasteiger charge is -2.13. The molecule has 1 aliphatic heterocycles. The number of nitrogens with two attached hydrogens (primary N) is 1. The zero-order valence-electron chi connectivity index (χ0n) is 17.2. The molecule has 0 bridgehead atoms. The molecule has 1 heterocycles. The maximum atomic E-state index is 14.0. The fourth-order valence-corrected chi connectivity index (χ4v) is 2.96. The van der Waals surface area contributed by atoms with Crippen molar-refractivity contribution in [2.45, 2.75) is 6.10 Å². The van der Waals surface area contributed by atoms with Gasteiger partial charge in [0, 0.05) is 6.08 Å². The Labute approximate surface area is 183 Å². The smallest absolute Gasteiger partial charge is 0.414 e. The molecule has 0 unspecified atom stereocenters. The van der Waals surface area contributed by atoms with E-state index in [1.54, 1.807) is 12.3 Å². The summed E-state index contributed by atoms with van der Waals surface area (Å²) in [5, 5.41) is 6.33. The zero-order chi connectivity index (χ0) is 23.1. The van der Waals surface area contributed by atoms with Gasteiger partial charge in [-0.15, -0.1) is 0 Å². The van der Waals surface area contributed by atoms with E-state index in [4.69, 9.17) is 10.5 Å². The third-order valence-electron chi connectivity index (χ3n) is 4.58. The second kappa shape index (κ2) is 10.2. The number of nitrogens with one attached hydrogen (secondary N) is 1. The number of nitrogens with zero attached hydrogens (tertiary/aromatic N) is 2. The predicted octanol–water partition coefficient (Wildman–Crippen LogP) is 2.06. The van der Waals surface area contributed by atoms with E-state index >= 15 is 0 Å². The van der Waals surface area contributed by atoms with E-state index in [9.17, 15) is 18.8 Å². The minimum absolute atomic E-state index is 0.0830. The van der Waals surface area contributed by atoms with Crippen LogP contribution in [0.2, 0.25) is 0 Å². The van der Waals surface area contributed by atoms with Gasteiger partial charge >= 0.3 is 6.09 Å². The average molecular weight is 440 g/mol. The minimum Gasteiger partial charge on any atom is -0.442 e. The molecular weight excluding hydrogens is 419 g/mol. The quantitative estimate of drug-likeness (QED) is 0.370. The largest absolute Gasteiger partial charge is 0.442 e. The van der Waals surface area contributed by atoms with Gasteiger partial charge in [-0.05, 0) is 35.4 Å². The van der Waals surface area contributed by atoms with Crippen LogP contribution < -0.4 is 16.0 Å². The first-order chi connectivity index (χ1) is 15.4. The first-order valence-electron chi connectivity index (χ1n) is 9.57. The average Bonchev–Trinajstić information content (AvgIpc) is 3.15. The minimum atomic E-state index is -0.900. The summed E-state index contributed by atoms with van der Waals surface area (Å²) in [6.45, 7) is 0.197. The summed E-state index contributed by atoms with van der Waals surface area (Å²) in [5.74, 6) is -2.09. The van der Waals surface area contributed by atoms with Crippen LogP contribution in [0.3, 0.4) is 0 Å². The van der Waals surface area contributed by atoms with Crippen molar-refractivity contribution in [3.05, 3.63) is 71.0 Å². The number of oxime groups is 1. The first kappa shape index (κ1) is 22.5. The molecule has 0 aliphatic carbocycles. The normalized spacial score (nSPS) is 15.9. The number of halogens is 1. The van der Waals surface area contributed by atoms with Crippen LogP contribution in [0.4, 0.5) is 14.9 Å². The molecule has 10 heteroatoms. The number of primary amides is 1. The first-order valence-corrected chi connectivity index (χ1v) is 9.57. The van der Waals surface area contributed by atoms with Crippen LogP contribution in [-0.4, -0.2) is 50.4 Å². The van der Waals surface area contributed by atoms with Gasteiger partial charge in [0.05, 0.1) is 30.6 Å². The van der Waals surface area contributed by atoms with Crippen LogP contribution in [0.5, 0.6) is 0 Å². The van der Waals surface area contributed by atoms with Crippen molar-refractivity contribution < 1.29 is 28.3 Å². The molecule has 0 radical (unpaired) electrons. The maximum Gasteiger partial charge on any atom is 0.414 e. The van der Waals surface area contributed by atoms with Crippen LogP contribution in [0.15, 0.2) is 53.7 Å². The Morgan fingerprint density at radius 1 is 1.28 bits per heavy atom. The van der Waals surface area contributed by atoms with Crippen LogP contribution in [0.1, 0.15) is 21.5 Å². The number of amides is 3. The summed E-state index contributed by atoms with van der Waals surface area (Å²) < 4.78 is 19.2. The van der Waals surface area contributed by atoms with E-state index in [1.807, 2.05) is 24.3 Å². The number of ether oxygens (including phenoxy) is 1. The molecule has 3 rings (SSSR count). The second-order valence-corrected chi connectivity index (χ2v) is 6.81. The van der Waals surface area contributed by atoms with Crippen molar-refractivity contribution in [2.24, 2.45) is 10.9 Å². The Balaban J connectivity index is 1.52. The number of hydrogen-bond donors (Lipinski definition) is 2. The zero-order valence-corrected chi connectivity index (χ0v) is 17.2. The summed E-state index contributed by atoms with van der Waals surface area (Å²) in [4.78, 5) is 41.2. The van der Waals surface area contributed by atoms with Crippen LogP contribution >= 0.6 is 0 Å². The third kappa shape index (κ3) is 5.69. The number of benzene rings is 2. The molecule has 0 saturated carbocycles. The number of hydrogen-bond acceptors (Lipinski definition) is 6. The summed E-state index contributed by atoms with van der Waals surface area (Å²) in [5.41, 5.74) is 6.71. The van der Waals surface area contributed by atoms with Crippen molar-refractivity contribution in [3.8, 4) is 0 Å². The fraction of sp³-hybridized carbons (Fsp3) is 0.182. The summed E-state index contributed by atoms with van der Waals surface area (Å²) in [6.07, 6.45) is 3.28. The van der Waals surface area contributed by atoms with Crippen molar-refractivity contribution >= 4 is 35.9 Å². The van der Waals surface area contributed by atoms with E-state index in [2.05, 4.69) is 15.3 Å². The Kier molecular flexibility index (Phi) is 7.17. The van der Waals surface area contributed by atoms with Gasteiger partial charge in [-0.2, -0.15) is 0 Å². The van der Waals surface area contributed by atoms with E-state index in [-0.39, 0.29) is 30.2 Å². The van der Waals surface area contributed by atoms with Crippen LogP contribution in [0.25, 0.3) is 6.08 Å². The van der Waals surface area contributed by atoms with E-state index in [1.165, 1.54) is 30.2 Å². The molecule has 32 heavy (non-hydrogen) atoms. The number of carbonyl (C=O) groups is 3. The SMILES string of the molecule is CON=Cc1ccc(C=CC(=O)NC[C@H]2CN(c3ccc(C(N)=O)c(F)c3)C(=O)O2)cc1. The Bertz CT molecular complexity index is 1070. The van der Waals surface area contributed by atoms with E-state index in [0.29, 0.717) is 0 Å². The standard InChI is InChI=1S/C22H21FN4O5/c1-31-26-11-15-4-2-14(3-5-15)6-9-20(28)25-12-17-13-27(22(30)32-17)16-7-8-18(21(24)29)19(23)10-16/h2-11,17H,12-13H2,1H3,(H2,24,29)(H,25,28)/t17-/m0/s1. The molecule has 1 aliphatic rings. The molecule has 1 saturated heterocycles. The molecule has 3 amide bonds. The number of rotatable bonds is 8. The molecule has 1 atom stereocenters. The molecule has 3 N–H and O–H groups in total. The molecule has 166 valence electrons. The van der Waals surface area contributed by atoms with Crippen molar-refractivity contribution in [1.29, 1.82) is 0 Å². The molecule has 2 aromatic carbocycles. The van der Waals surface area contributed by atoms with Gasteiger partial charge in [-0.25, -0.2) is 9.18 Å². The van der Waals surface area contributed by atoms with E-state index in [0.717, 1.165) is 17.2 Å².